The molecule has 5 nitrogen and oxygen atoms in total. The zero-order valence-corrected chi connectivity index (χ0v) is 15.7. The molecule has 4 rings (SSSR count). The number of benzene rings is 2. The molecule has 0 radical (unpaired) electrons. The van der Waals surface area contributed by atoms with Gasteiger partial charge in [-0.3, -0.25) is 4.79 Å². The van der Waals surface area contributed by atoms with Crippen molar-refractivity contribution in [1.29, 1.82) is 0 Å². The van der Waals surface area contributed by atoms with Gasteiger partial charge in [0.1, 0.15) is 0 Å². The van der Waals surface area contributed by atoms with E-state index < -0.39 is 0 Å². The summed E-state index contributed by atoms with van der Waals surface area (Å²) < 4.78 is 0. The second kappa shape index (κ2) is 7.64. The molecule has 1 aliphatic rings. The topological polar surface area (TPSA) is 71.2 Å². The van der Waals surface area contributed by atoms with Gasteiger partial charge in [-0.25, -0.2) is 4.98 Å². The summed E-state index contributed by atoms with van der Waals surface area (Å²) in [5.41, 5.74) is 9.87. The Morgan fingerprint density at radius 3 is 2.74 bits per heavy atom. The van der Waals surface area contributed by atoms with Gasteiger partial charge in [-0.15, -0.1) is 0 Å². The second-order valence-corrected chi connectivity index (χ2v) is 7.08. The third-order valence-electron chi connectivity index (χ3n) is 4.87. The van der Waals surface area contributed by atoms with E-state index in [1.165, 1.54) is 0 Å². The summed E-state index contributed by atoms with van der Waals surface area (Å²) in [6.45, 7) is 3.56. The normalized spacial score (nSPS) is 14.5. The molecule has 0 spiro atoms. The molecule has 6 heteroatoms. The van der Waals surface area contributed by atoms with E-state index in [0.29, 0.717) is 17.1 Å². The average molecular weight is 381 g/mol. The molecule has 0 aliphatic carbocycles. The van der Waals surface area contributed by atoms with Crippen molar-refractivity contribution in [2.45, 2.75) is 6.54 Å². The Bertz CT molecular complexity index is 999. The predicted molar refractivity (Wildman–Crippen MR) is 109 cm³/mol. The van der Waals surface area contributed by atoms with Crippen LogP contribution in [0, 0.1) is 0 Å². The SMILES string of the molecule is NCc1cccc(-c2cc(Cl)c3ccc(C(=O)N4CCNCC4)cc3n2)c1. The van der Waals surface area contributed by atoms with E-state index in [9.17, 15) is 4.79 Å². The standard InChI is InChI=1S/C21H21ClN4O/c22-18-12-19(15-3-1-2-14(10-15)13-23)25-20-11-16(4-5-17(18)20)21(27)26-8-6-24-7-9-26/h1-5,10-12,24H,6-9,13,23H2. The molecule has 3 N–H and O–H groups in total. The van der Waals surface area contributed by atoms with Crippen molar-refractivity contribution in [2.75, 3.05) is 26.2 Å². The third kappa shape index (κ3) is 3.67. The number of fused-ring (bicyclic) bond motifs is 1. The lowest BCUT2D eigenvalue weighted by Crippen LogP contribution is -2.46. The largest absolute Gasteiger partial charge is 0.336 e. The Hall–Kier alpha value is -2.47. The first-order chi connectivity index (χ1) is 13.2. The van der Waals surface area contributed by atoms with Crippen LogP contribution in [0.3, 0.4) is 0 Å². The monoisotopic (exact) mass is 380 g/mol. The van der Waals surface area contributed by atoms with Crippen LogP contribution in [0.1, 0.15) is 15.9 Å². The molecular formula is C21H21ClN4O. The second-order valence-electron chi connectivity index (χ2n) is 6.67. The fourth-order valence-electron chi connectivity index (χ4n) is 3.37. The first-order valence-corrected chi connectivity index (χ1v) is 9.43. The van der Waals surface area contributed by atoms with Gasteiger partial charge >= 0.3 is 0 Å². The maximum atomic E-state index is 12.8. The van der Waals surface area contributed by atoms with Crippen molar-refractivity contribution in [2.24, 2.45) is 5.73 Å². The minimum Gasteiger partial charge on any atom is -0.336 e. The summed E-state index contributed by atoms with van der Waals surface area (Å²) in [6, 6.07) is 15.3. The Morgan fingerprint density at radius 1 is 1.15 bits per heavy atom. The Kier molecular flexibility index (Phi) is 5.07. The number of piperazine rings is 1. The highest BCUT2D eigenvalue weighted by Gasteiger charge is 2.19. The predicted octanol–water partition coefficient (Wildman–Crippen LogP) is 3.06. The molecule has 27 heavy (non-hydrogen) atoms. The molecule has 0 unspecified atom stereocenters. The van der Waals surface area contributed by atoms with Crippen molar-refractivity contribution in [1.82, 2.24) is 15.2 Å². The van der Waals surface area contributed by atoms with Gasteiger partial charge in [-0.2, -0.15) is 0 Å². The average Bonchev–Trinajstić information content (AvgIpc) is 2.73. The number of nitrogens with two attached hydrogens (primary N) is 1. The molecule has 0 saturated carbocycles. The zero-order valence-electron chi connectivity index (χ0n) is 14.9. The van der Waals surface area contributed by atoms with E-state index in [1.54, 1.807) is 0 Å². The summed E-state index contributed by atoms with van der Waals surface area (Å²) in [6.07, 6.45) is 0. The van der Waals surface area contributed by atoms with E-state index in [-0.39, 0.29) is 5.91 Å². The van der Waals surface area contributed by atoms with Gasteiger partial charge in [0.25, 0.3) is 5.91 Å². The van der Waals surface area contributed by atoms with Crippen molar-refractivity contribution in [3.8, 4) is 11.3 Å². The number of nitrogens with zero attached hydrogens (tertiary/aromatic N) is 2. The van der Waals surface area contributed by atoms with Crippen molar-refractivity contribution in [3.05, 3.63) is 64.7 Å². The number of halogens is 1. The highest BCUT2D eigenvalue weighted by atomic mass is 35.5. The van der Waals surface area contributed by atoms with Crippen LogP contribution < -0.4 is 11.1 Å². The van der Waals surface area contributed by atoms with Gasteiger partial charge in [0.05, 0.1) is 16.2 Å². The van der Waals surface area contributed by atoms with Crippen LogP contribution in [0.2, 0.25) is 5.02 Å². The van der Waals surface area contributed by atoms with Gasteiger partial charge in [0.15, 0.2) is 0 Å². The maximum absolute atomic E-state index is 12.8. The van der Waals surface area contributed by atoms with Crippen LogP contribution in [0.25, 0.3) is 22.2 Å². The van der Waals surface area contributed by atoms with Crippen LogP contribution in [-0.4, -0.2) is 42.0 Å². The van der Waals surface area contributed by atoms with E-state index in [2.05, 4.69) is 5.32 Å². The summed E-state index contributed by atoms with van der Waals surface area (Å²) in [7, 11) is 0. The number of carbonyl (C=O) groups excluding carboxylic acids is 1. The molecule has 1 amide bonds. The molecule has 1 aromatic heterocycles. The molecule has 138 valence electrons. The van der Waals surface area contributed by atoms with E-state index in [1.807, 2.05) is 53.4 Å². The number of hydrogen-bond acceptors (Lipinski definition) is 4. The first kappa shape index (κ1) is 17.9. The molecule has 1 aliphatic heterocycles. The summed E-state index contributed by atoms with van der Waals surface area (Å²) in [5, 5.41) is 4.72. The minimum absolute atomic E-state index is 0.0341. The summed E-state index contributed by atoms with van der Waals surface area (Å²) >= 11 is 6.50. The Morgan fingerprint density at radius 2 is 1.96 bits per heavy atom. The Balaban J connectivity index is 1.74. The van der Waals surface area contributed by atoms with Crippen LogP contribution >= 0.6 is 11.6 Å². The number of hydrogen-bond donors (Lipinski definition) is 2. The van der Waals surface area contributed by atoms with Gasteiger partial charge in [-0.05, 0) is 29.8 Å². The van der Waals surface area contributed by atoms with E-state index >= 15 is 0 Å². The number of nitrogens with one attached hydrogen (secondary N) is 1. The molecule has 3 aromatic rings. The van der Waals surface area contributed by atoms with Crippen molar-refractivity contribution in [3.63, 3.8) is 0 Å². The lowest BCUT2D eigenvalue weighted by molar-refractivity contribution is 0.0736. The molecule has 1 saturated heterocycles. The van der Waals surface area contributed by atoms with Crippen LogP contribution in [0.15, 0.2) is 48.5 Å². The number of amides is 1. The molecule has 0 atom stereocenters. The smallest absolute Gasteiger partial charge is 0.254 e. The van der Waals surface area contributed by atoms with Gasteiger partial charge in [0.2, 0.25) is 0 Å². The third-order valence-corrected chi connectivity index (χ3v) is 5.18. The van der Waals surface area contributed by atoms with Gasteiger partial charge in [0, 0.05) is 49.2 Å². The fourth-order valence-corrected chi connectivity index (χ4v) is 3.64. The van der Waals surface area contributed by atoms with Crippen LogP contribution in [0.4, 0.5) is 0 Å². The lowest BCUT2D eigenvalue weighted by atomic mass is 10.0. The quantitative estimate of drug-likeness (QED) is 0.732. The molecule has 2 aromatic carbocycles. The molecule has 1 fully saturated rings. The minimum atomic E-state index is 0.0341. The first-order valence-electron chi connectivity index (χ1n) is 9.05. The molecular weight excluding hydrogens is 360 g/mol. The number of rotatable bonds is 3. The molecule has 2 heterocycles. The maximum Gasteiger partial charge on any atom is 0.254 e. The van der Waals surface area contributed by atoms with Crippen LogP contribution in [0.5, 0.6) is 0 Å². The van der Waals surface area contributed by atoms with Crippen LogP contribution in [-0.2, 0) is 6.54 Å². The summed E-state index contributed by atoms with van der Waals surface area (Å²) in [4.78, 5) is 19.4. The highest BCUT2D eigenvalue weighted by Crippen LogP contribution is 2.29. The number of pyridine rings is 1. The summed E-state index contributed by atoms with van der Waals surface area (Å²) in [5.74, 6) is 0.0341. The van der Waals surface area contributed by atoms with Gasteiger partial charge < -0.3 is 16.0 Å². The highest BCUT2D eigenvalue weighted by molar-refractivity contribution is 6.35. The van der Waals surface area contributed by atoms with E-state index in [4.69, 9.17) is 22.3 Å². The van der Waals surface area contributed by atoms with E-state index in [0.717, 1.165) is 53.9 Å². The lowest BCUT2D eigenvalue weighted by Gasteiger charge is -2.27. The van der Waals surface area contributed by atoms with Crippen molar-refractivity contribution >= 4 is 28.4 Å². The van der Waals surface area contributed by atoms with Gasteiger partial charge in [-0.1, -0.05) is 35.9 Å². The molecule has 0 bridgehead atoms. The number of aromatic nitrogens is 1. The zero-order chi connectivity index (χ0) is 18.8. The van der Waals surface area contributed by atoms with Crippen molar-refractivity contribution < 1.29 is 4.79 Å². The fraction of sp³-hybridized carbons (Fsp3) is 0.238. The number of carbonyl (C=O) groups is 1. The Labute approximate surface area is 163 Å².